The standard InChI is InChI=1S/C6H5BClF.2H2O/c7-4-1-2-6(9)5(8)3-4;;/h1-3H,7H2;2*1H2. The highest BCUT2D eigenvalue weighted by atomic mass is 35.5. The SMILES string of the molecule is Bc1ccc(F)c(Cl)c1.O.O. The van der Waals surface area contributed by atoms with Crippen LogP contribution in [0.1, 0.15) is 0 Å². The van der Waals surface area contributed by atoms with Crippen LogP contribution in [0, 0.1) is 5.82 Å². The zero-order valence-electron chi connectivity index (χ0n) is 5.99. The lowest BCUT2D eigenvalue weighted by Crippen LogP contribution is -2.00. The molecule has 1 aromatic carbocycles. The van der Waals surface area contributed by atoms with E-state index in [1.807, 2.05) is 7.85 Å². The molecule has 0 radical (unpaired) electrons. The predicted octanol–water partition coefficient (Wildman–Crippen LogP) is -0.912. The summed E-state index contributed by atoms with van der Waals surface area (Å²) in [4.78, 5) is 0. The van der Waals surface area contributed by atoms with Gasteiger partial charge in [0.1, 0.15) is 13.7 Å². The van der Waals surface area contributed by atoms with Gasteiger partial charge in [-0.15, -0.1) is 0 Å². The third-order valence-corrected chi connectivity index (χ3v) is 1.36. The van der Waals surface area contributed by atoms with Gasteiger partial charge < -0.3 is 11.0 Å². The van der Waals surface area contributed by atoms with E-state index in [1.54, 1.807) is 12.1 Å². The van der Waals surface area contributed by atoms with Crippen molar-refractivity contribution >= 4 is 24.9 Å². The van der Waals surface area contributed by atoms with Crippen LogP contribution >= 0.6 is 11.6 Å². The van der Waals surface area contributed by atoms with Crippen molar-refractivity contribution < 1.29 is 15.3 Å². The lowest BCUT2D eigenvalue weighted by atomic mass is 9.97. The molecular weight excluding hydrogens is 169 g/mol. The van der Waals surface area contributed by atoms with Crippen molar-refractivity contribution in [3.63, 3.8) is 0 Å². The molecule has 0 saturated carbocycles. The minimum Gasteiger partial charge on any atom is -0.412 e. The van der Waals surface area contributed by atoms with Gasteiger partial charge in [-0.3, -0.25) is 0 Å². The Morgan fingerprint density at radius 3 is 2.18 bits per heavy atom. The normalized spacial score (nSPS) is 7.82. The quantitative estimate of drug-likeness (QED) is 0.462. The van der Waals surface area contributed by atoms with Crippen LogP contribution in [0.2, 0.25) is 5.02 Å². The van der Waals surface area contributed by atoms with Gasteiger partial charge in [-0.2, -0.15) is 0 Å². The number of halogens is 2. The van der Waals surface area contributed by atoms with E-state index in [1.165, 1.54) is 6.07 Å². The van der Waals surface area contributed by atoms with Crippen LogP contribution in [0.15, 0.2) is 18.2 Å². The second-order valence-electron chi connectivity index (χ2n) is 1.92. The van der Waals surface area contributed by atoms with Crippen molar-refractivity contribution in [3.8, 4) is 0 Å². The molecule has 0 fully saturated rings. The Kier molecular flexibility index (Phi) is 6.08. The molecule has 0 saturated heterocycles. The molecule has 0 heterocycles. The summed E-state index contributed by atoms with van der Waals surface area (Å²) in [6.45, 7) is 0. The number of benzene rings is 1. The second kappa shape index (κ2) is 5.13. The topological polar surface area (TPSA) is 63.0 Å². The Bertz CT molecular complexity index is 232. The summed E-state index contributed by atoms with van der Waals surface area (Å²) < 4.78 is 12.4. The molecule has 0 aliphatic rings. The van der Waals surface area contributed by atoms with E-state index >= 15 is 0 Å². The highest BCUT2D eigenvalue weighted by molar-refractivity contribution is 6.36. The molecule has 4 N–H and O–H groups in total. The molecule has 0 unspecified atom stereocenters. The molecule has 1 rings (SSSR count). The smallest absolute Gasteiger partial charge is 0.141 e. The largest absolute Gasteiger partial charge is 0.412 e. The van der Waals surface area contributed by atoms with Gasteiger partial charge in [0, 0.05) is 0 Å². The van der Waals surface area contributed by atoms with Gasteiger partial charge >= 0.3 is 0 Å². The van der Waals surface area contributed by atoms with Gasteiger partial charge in [0.15, 0.2) is 0 Å². The summed E-state index contributed by atoms with van der Waals surface area (Å²) in [5.41, 5.74) is 0.974. The zero-order valence-corrected chi connectivity index (χ0v) is 6.74. The third kappa shape index (κ3) is 3.37. The van der Waals surface area contributed by atoms with Crippen molar-refractivity contribution in [2.24, 2.45) is 0 Å². The van der Waals surface area contributed by atoms with Crippen LogP contribution in [-0.4, -0.2) is 18.8 Å². The van der Waals surface area contributed by atoms with Crippen LogP contribution in [0.25, 0.3) is 0 Å². The lowest BCUT2D eigenvalue weighted by molar-refractivity contribution is 0.628. The van der Waals surface area contributed by atoms with E-state index in [9.17, 15) is 4.39 Å². The first-order valence-electron chi connectivity index (χ1n) is 2.62. The van der Waals surface area contributed by atoms with E-state index in [0.717, 1.165) is 5.46 Å². The lowest BCUT2D eigenvalue weighted by Gasteiger charge is -1.93. The first-order chi connectivity index (χ1) is 4.20. The molecule has 2 nitrogen and oxygen atoms in total. The monoisotopic (exact) mass is 178 g/mol. The minimum absolute atomic E-state index is 0. The Hall–Kier alpha value is -0.575. The summed E-state index contributed by atoms with van der Waals surface area (Å²) in [6, 6.07) is 4.63. The fourth-order valence-corrected chi connectivity index (χ4v) is 0.836. The average molecular weight is 178 g/mol. The van der Waals surface area contributed by atoms with Crippen molar-refractivity contribution in [2.75, 3.05) is 0 Å². The van der Waals surface area contributed by atoms with Crippen molar-refractivity contribution in [3.05, 3.63) is 29.0 Å². The maximum atomic E-state index is 12.4. The summed E-state index contributed by atoms with van der Waals surface area (Å²) in [6.07, 6.45) is 0. The fourth-order valence-electron chi connectivity index (χ4n) is 0.601. The molecule has 11 heavy (non-hydrogen) atoms. The second-order valence-corrected chi connectivity index (χ2v) is 2.32. The maximum absolute atomic E-state index is 12.4. The third-order valence-electron chi connectivity index (χ3n) is 1.08. The fraction of sp³-hybridized carbons (Fsp3) is 0. The Labute approximate surface area is 70.0 Å². The molecule has 0 atom stereocenters. The van der Waals surface area contributed by atoms with Gasteiger partial charge in [0.05, 0.1) is 5.02 Å². The van der Waals surface area contributed by atoms with Gasteiger partial charge in [-0.25, -0.2) is 4.39 Å². The Morgan fingerprint density at radius 1 is 1.27 bits per heavy atom. The van der Waals surface area contributed by atoms with Gasteiger partial charge in [-0.1, -0.05) is 23.1 Å². The molecule has 62 valence electrons. The highest BCUT2D eigenvalue weighted by Crippen LogP contribution is 2.09. The van der Waals surface area contributed by atoms with Crippen molar-refractivity contribution in [1.29, 1.82) is 0 Å². The summed E-state index contributed by atoms with van der Waals surface area (Å²) in [5.74, 6) is -0.359. The molecule has 0 aliphatic carbocycles. The molecule has 0 bridgehead atoms. The minimum atomic E-state index is -0.359. The van der Waals surface area contributed by atoms with E-state index in [2.05, 4.69) is 0 Å². The first kappa shape index (κ1) is 13.0. The van der Waals surface area contributed by atoms with E-state index in [-0.39, 0.29) is 21.8 Å². The number of hydrogen-bond donors (Lipinski definition) is 0. The first-order valence-corrected chi connectivity index (χ1v) is 2.99. The number of rotatable bonds is 0. The van der Waals surface area contributed by atoms with Crippen molar-refractivity contribution in [2.45, 2.75) is 0 Å². The zero-order chi connectivity index (χ0) is 6.85. The molecule has 1 aromatic rings. The molecule has 0 spiro atoms. The highest BCUT2D eigenvalue weighted by Gasteiger charge is 1.95. The van der Waals surface area contributed by atoms with Crippen LogP contribution in [-0.2, 0) is 0 Å². The predicted molar refractivity (Wildman–Crippen MR) is 46.8 cm³/mol. The van der Waals surface area contributed by atoms with Crippen molar-refractivity contribution in [1.82, 2.24) is 0 Å². The number of hydrogen-bond acceptors (Lipinski definition) is 0. The molecule has 0 aliphatic heterocycles. The van der Waals surface area contributed by atoms with E-state index < -0.39 is 0 Å². The summed E-state index contributed by atoms with van der Waals surface area (Å²) in [7, 11) is 1.87. The Morgan fingerprint density at radius 2 is 1.82 bits per heavy atom. The van der Waals surface area contributed by atoms with Gasteiger partial charge in [0.2, 0.25) is 0 Å². The average Bonchev–Trinajstić information content (AvgIpc) is 1.80. The van der Waals surface area contributed by atoms with Crippen LogP contribution in [0.5, 0.6) is 0 Å². The van der Waals surface area contributed by atoms with Gasteiger partial charge in [-0.05, 0) is 12.1 Å². The Balaban J connectivity index is 0. The van der Waals surface area contributed by atoms with Crippen LogP contribution in [0.3, 0.4) is 0 Å². The summed E-state index contributed by atoms with van der Waals surface area (Å²) >= 11 is 5.44. The summed E-state index contributed by atoms with van der Waals surface area (Å²) in [5, 5.41) is 0.190. The van der Waals surface area contributed by atoms with E-state index in [0.29, 0.717) is 0 Å². The molecule has 0 amide bonds. The molecular formula is C6H9BClFO2. The van der Waals surface area contributed by atoms with Crippen LogP contribution in [0.4, 0.5) is 4.39 Å². The van der Waals surface area contributed by atoms with Gasteiger partial charge in [0.25, 0.3) is 0 Å². The molecule has 0 aromatic heterocycles. The van der Waals surface area contributed by atoms with Crippen LogP contribution < -0.4 is 5.46 Å². The van der Waals surface area contributed by atoms with E-state index in [4.69, 9.17) is 11.6 Å². The molecule has 5 heteroatoms. The maximum Gasteiger partial charge on any atom is 0.141 e.